The van der Waals surface area contributed by atoms with Crippen LogP contribution in [-0.2, 0) is 0 Å². The molecule has 0 fully saturated rings. The second-order valence-electron chi connectivity index (χ2n) is 2.38. The Morgan fingerprint density at radius 3 is 2.00 bits per heavy atom. The van der Waals surface area contributed by atoms with Crippen molar-refractivity contribution >= 4 is 23.2 Å². The second-order valence-corrected chi connectivity index (χ2v) is 3.25. The molecule has 0 aromatic heterocycles. The number of benzene rings is 1. The summed E-state index contributed by atoms with van der Waals surface area (Å²) in [6.45, 7) is 1.67. The maximum Gasteiger partial charge on any atom is 0.0762 e. The van der Waals surface area contributed by atoms with Gasteiger partial charge in [-0.1, -0.05) is 23.2 Å². The average molecular weight is 191 g/mol. The van der Waals surface area contributed by atoms with E-state index in [0.717, 1.165) is 5.56 Å². The van der Waals surface area contributed by atoms with Crippen molar-refractivity contribution in [2.45, 2.75) is 13.0 Å². The van der Waals surface area contributed by atoms with Gasteiger partial charge in [-0.05, 0) is 30.7 Å². The SMILES string of the molecule is CC(O)c1cc(Cl)cc(Cl)c1. The highest BCUT2D eigenvalue weighted by Crippen LogP contribution is 2.22. The zero-order chi connectivity index (χ0) is 8.43. The maximum atomic E-state index is 9.16. The molecule has 1 aromatic carbocycles. The van der Waals surface area contributed by atoms with E-state index in [4.69, 9.17) is 28.3 Å². The Hall–Kier alpha value is -0.240. The first kappa shape index (κ1) is 8.85. The highest BCUT2D eigenvalue weighted by atomic mass is 35.5. The number of aliphatic hydroxyl groups is 1. The standard InChI is InChI=1S/C8H8Cl2O/c1-5(11)6-2-7(9)4-8(10)3-6/h2-5,11H,1H3. The van der Waals surface area contributed by atoms with E-state index in [2.05, 4.69) is 0 Å². The molecule has 0 saturated heterocycles. The molecule has 60 valence electrons. The van der Waals surface area contributed by atoms with E-state index in [1.807, 2.05) is 0 Å². The third-order valence-electron chi connectivity index (χ3n) is 1.37. The third-order valence-corrected chi connectivity index (χ3v) is 1.80. The molecule has 11 heavy (non-hydrogen) atoms. The fourth-order valence-electron chi connectivity index (χ4n) is 0.816. The molecule has 0 bridgehead atoms. The zero-order valence-corrected chi connectivity index (χ0v) is 7.52. The number of aliphatic hydroxyl groups excluding tert-OH is 1. The van der Waals surface area contributed by atoms with Crippen LogP contribution >= 0.6 is 23.2 Å². The minimum Gasteiger partial charge on any atom is -0.389 e. The van der Waals surface area contributed by atoms with Crippen LogP contribution in [0.15, 0.2) is 18.2 Å². The van der Waals surface area contributed by atoms with Crippen molar-refractivity contribution < 1.29 is 5.11 Å². The van der Waals surface area contributed by atoms with Crippen molar-refractivity contribution in [1.29, 1.82) is 0 Å². The van der Waals surface area contributed by atoms with E-state index in [1.54, 1.807) is 25.1 Å². The van der Waals surface area contributed by atoms with Crippen LogP contribution in [0.5, 0.6) is 0 Å². The summed E-state index contributed by atoms with van der Waals surface area (Å²) in [5, 5.41) is 10.3. The van der Waals surface area contributed by atoms with Gasteiger partial charge in [0.2, 0.25) is 0 Å². The molecule has 1 N–H and O–H groups in total. The summed E-state index contributed by atoms with van der Waals surface area (Å²) >= 11 is 11.4. The lowest BCUT2D eigenvalue weighted by atomic mass is 10.1. The van der Waals surface area contributed by atoms with E-state index < -0.39 is 6.10 Å². The summed E-state index contributed by atoms with van der Waals surface area (Å²) in [5.41, 5.74) is 0.738. The van der Waals surface area contributed by atoms with Gasteiger partial charge >= 0.3 is 0 Å². The molecule has 0 aliphatic carbocycles. The molecule has 1 atom stereocenters. The van der Waals surface area contributed by atoms with Gasteiger partial charge in [0.15, 0.2) is 0 Å². The zero-order valence-electron chi connectivity index (χ0n) is 6.01. The van der Waals surface area contributed by atoms with Gasteiger partial charge in [-0.15, -0.1) is 0 Å². The van der Waals surface area contributed by atoms with Crippen molar-refractivity contribution in [2.24, 2.45) is 0 Å². The number of halogens is 2. The van der Waals surface area contributed by atoms with Gasteiger partial charge in [-0.3, -0.25) is 0 Å². The normalized spacial score (nSPS) is 13.1. The van der Waals surface area contributed by atoms with Gasteiger partial charge in [0.25, 0.3) is 0 Å². The summed E-state index contributed by atoms with van der Waals surface area (Å²) in [4.78, 5) is 0. The molecule has 0 spiro atoms. The highest BCUT2D eigenvalue weighted by molar-refractivity contribution is 6.34. The quantitative estimate of drug-likeness (QED) is 0.723. The topological polar surface area (TPSA) is 20.2 Å². The van der Waals surface area contributed by atoms with Crippen LogP contribution in [0.25, 0.3) is 0 Å². The Labute approximate surface area is 75.6 Å². The monoisotopic (exact) mass is 190 g/mol. The van der Waals surface area contributed by atoms with Crippen molar-refractivity contribution in [3.05, 3.63) is 33.8 Å². The molecule has 3 heteroatoms. The molecule has 0 aliphatic heterocycles. The number of rotatable bonds is 1. The van der Waals surface area contributed by atoms with Gasteiger partial charge in [0.1, 0.15) is 0 Å². The molecule has 0 heterocycles. The molecule has 0 aliphatic rings. The van der Waals surface area contributed by atoms with Gasteiger partial charge < -0.3 is 5.11 Å². The van der Waals surface area contributed by atoms with Gasteiger partial charge in [0.05, 0.1) is 6.10 Å². The summed E-state index contributed by atoms with van der Waals surface area (Å²) in [6.07, 6.45) is -0.522. The molecule has 1 aromatic rings. The summed E-state index contributed by atoms with van der Waals surface area (Å²) in [5.74, 6) is 0. The minimum atomic E-state index is -0.522. The molecule has 1 nitrogen and oxygen atoms in total. The molecule has 1 rings (SSSR count). The molecule has 0 radical (unpaired) electrons. The van der Waals surface area contributed by atoms with Gasteiger partial charge in [-0.2, -0.15) is 0 Å². The lowest BCUT2D eigenvalue weighted by Crippen LogP contribution is -1.89. The summed E-state index contributed by atoms with van der Waals surface area (Å²) < 4.78 is 0. The van der Waals surface area contributed by atoms with E-state index in [1.165, 1.54) is 0 Å². The second kappa shape index (κ2) is 3.44. The van der Waals surface area contributed by atoms with E-state index >= 15 is 0 Å². The van der Waals surface area contributed by atoms with E-state index in [0.29, 0.717) is 10.0 Å². The smallest absolute Gasteiger partial charge is 0.0762 e. The van der Waals surface area contributed by atoms with Crippen molar-refractivity contribution in [1.82, 2.24) is 0 Å². The number of hydrogen-bond acceptors (Lipinski definition) is 1. The van der Waals surface area contributed by atoms with Crippen molar-refractivity contribution in [3.63, 3.8) is 0 Å². The summed E-state index contributed by atoms with van der Waals surface area (Å²) in [7, 11) is 0. The molecule has 0 amide bonds. The van der Waals surface area contributed by atoms with Crippen LogP contribution in [0, 0.1) is 0 Å². The van der Waals surface area contributed by atoms with Gasteiger partial charge in [0, 0.05) is 10.0 Å². The van der Waals surface area contributed by atoms with Crippen LogP contribution < -0.4 is 0 Å². The van der Waals surface area contributed by atoms with Gasteiger partial charge in [-0.25, -0.2) is 0 Å². The van der Waals surface area contributed by atoms with Crippen LogP contribution in [0.1, 0.15) is 18.6 Å². The predicted octanol–water partition coefficient (Wildman–Crippen LogP) is 3.05. The lowest BCUT2D eigenvalue weighted by Gasteiger charge is -2.04. The van der Waals surface area contributed by atoms with Crippen molar-refractivity contribution in [2.75, 3.05) is 0 Å². The molecule has 1 unspecified atom stereocenters. The Morgan fingerprint density at radius 2 is 1.64 bits per heavy atom. The van der Waals surface area contributed by atoms with Crippen LogP contribution in [0.3, 0.4) is 0 Å². The lowest BCUT2D eigenvalue weighted by molar-refractivity contribution is 0.199. The number of hydrogen-bond donors (Lipinski definition) is 1. The van der Waals surface area contributed by atoms with E-state index in [9.17, 15) is 0 Å². The Kier molecular flexibility index (Phi) is 2.77. The van der Waals surface area contributed by atoms with Crippen LogP contribution in [-0.4, -0.2) is 5.11 Å². The van der Waals surface area contributed by atoms with Crippen LogP contribution in [0.4, 0.5) is 0 Å². The third kappa shape index (κ3) is 2.37. The Balaban J connectivity index is 3.08. The first-order valence-corrected chi connectivity index (χ1v) is 3.99. The maximum absolute atomic E-state index is 9.16. The summed E-state index contributed by atoms with van der Waals surface area (Å²) in [6, 6.07) is 5.02. The van der Waals surface area contributed by atoms with Crippen molar-refractivity contribution in [3.8, 4) is 0 Å². The Bertz CT molecular complexity index is 238. The Morgan fingerprint density at radius 1 is 1.18 bits per heavy atom. The highest BCUT2D eigenvalue weighted by Gasteiger charge is 2.02. The fraction of sp³-hybridized carbons (Fsp3) is 0.250. The van der Waals surface area contributed by atoms with Crippen LogP contribution in [0.2, 0.25) is 10.0 Å². The minimum absolute atomic E-state index is 0.522. The first-order valence-electron chi connectivity index (χ1n) is 3.23. The molecular weight excluding hydrogens is 183 g/mol. The van der Waals surface area contributed by atoms with E-state index in [-0.39, 0.29) is 0 Å². The first-order chi connectivity index (χ1) is 5.09. The predicted molar refractivity (Wildman–Crippen MR) is 47.1 cm³/mol. The molecular formula is C8H8Cl2O. The molecule has 0 saturated carbocycles. The fourth-order valence-corrected chi connectivity index (χ4v) is 1.36. The average Bonchev–Trinajstić information content (AvgIpc) is 1.85. The largest absolute Gasteiger partial charge is 0.389 e.